The van der Waals surface area contributed by atoms with Gasteiger partial charge in [0.15, 0.2) is 0 Å². The molecule has 0 N–H and O–H groups in total. The lowest BCUT2D eigenvalue weighted by molar-refractivity contribution is 0.920. The van der Waals surface area contributed by atoms with Crippen molar-refractivity contribution in [1.82, 2.24) is 0 Å². The third kappa shape index (κ3) is 3.99. The van der Waals surface area contributed by atoms with E-state index in [1.165, 1.54) is 59.6 Å². The SMILES string of the molecule is CC1=C(c2sc3c(N(c4ccccc4)c4ccc(-c5ccccc5)cc4)cccc3c2C)c2ccccc2C1C. The van der Waals surface area contributed by atoms with Crippen LogP contribution < -0.4 is 4.90 Å². The predicted molar refractivity (Wildman–Crippen MR) is 173 cm³/mol. The Morgan fingerprint density at radius 3 is 1.98 bits per heavy atom. The minimum Gasteiger partial charge on any atom is -0.309 e. The number of hydrogen-bond acceptors (Lipinski definition) is 2. The highest BCUT2D eigenvalue weighted by molar-refractivity contribution is 7.21. The normalized spacial score (nSPS) is 14.5. The molecule has 5 aromatic carbocycles. The lowest BCUT2D eigenvalue weighted by Gasteiger charge is -2.26. The molecule has 1 aliphatic carbocycles. The number of anilines is 3. The maximum atomic E-state index is 2.41. The molecule has 6 aromatic rings. The first-order chi connectivity index (χ1) is 19.6. The Morgan fingerprint density at radius 2 is 1.23 bits per heavy atom. The van der Waals surface area contributed by atoms with Crippen LogP contribution in [-0.2, 0) is 0 Å². The van der Waals surface area contributed by atoms with Gasteiger partial charge in [0.1, 0.15) is 0 Å². The molecule has 1 aliphatic rings. The van der Waals surface area contributed by atoms with Crippen molar-refractivity contribution in [3.8, 4) is 11.1 Å². The van der Waals surface area contributed by atoms with Crippen molar-refractivity contribution in [3.05, 3.63) is 155 Å². The molecule has 0 spiro atoms. The molecule has 0 bridgehead atoms. The molecule has 1 aromatic heterocycles. The lowest BCUT2D eigenvalue weighted by Crippen LogP contribution is -2.09. The van der Waals surface area contributed by atoms with Crippen LogP contribution in [0.25, 0.3) is 26.8 Å². The van der Waals surface area contributed by atoms with Gasteiger partial charge in [-0.1, -0.05) is 110 Å². The fourth-order valence-corrected chi connectivity index (χ4v) is 7.58. The van der Waals surface area contributed by atoms with Gasteiger partial charge in [-0.05, 0) is 83.0 Å². The van der Waals surface area contributed by atoms with Crippen LogP contribution in [0.5, 0.6) is 0 Å². The highest BCUT2D eigenvalue weighted by Crippen LogP contribution is 2.51. The van der Waals surface area contributed by atoms with E-state index < -0.39 is 0 Å². The molecule has 0 fully saturated rings. The van der Waals surface area contributed by atoms with Crippen molar-refractivity contribution in [1.29, 1.82) is 0 Å². The third-order valence-corrected chi connectivity index (χ3v) is 9.75. The number of allylic oxidation sites excluding steroid dienone is 1. The van der Waals surface area contributed by atoms with Gasteiger partial charge in [0.05, 0.1) is 10.4 Å². The van der Waals surface area contributed by atoms with E-state index in [2.05, 4.69) is 153 Å². The molecule has 0 radical (unpaired) electrons. The first-order valence-corrected chi connectivity index (χ1v) is 14.8. The fraction of sp³-hybridized carbons (Fsp3) is 0.105. The monoisotopic (exact) mass is 533 g/mol. The van der Waals surface area contributed by atoms with E-state index in [9.17, 15) is 0 Å². The van der Waals surface area contributed by atoms with Gasteiger partial charge >= 0.3 is 0 Å². The van der Waals surface area contributed by atoms with Crippen LogP contribution in [-0.4, -0.2) is 0 Å². The summed E-state index contributed by atoms with van der Waals surface area (Å²) in [4.78, 5) is 3.80. The summed E-state index contributed by atoms with van der Waals surface area (Å²) in [6.45, 7) is 6.95. The number of nitrogens with zero attached hydrogens (tertiary/aromatic N) is 1. The zero-order valence-corrected chi connectivity index (χ0v) is 23.9. The summed E-state index contributed by atoms with van der Waals surface area (Å²) in [6, 6.07) is 46.0. The smallest absolute Gasteiger partial charge is 0.0640 e. The molecule has 0 saturated heterocycles. The van der Waals surface area contributed by atoms with Gasteiger partial charge in [0.2, 0.25) is 0 Å². The maximum absolute atomic E-state index is 2.41. The number of thiophene rings is 1. The maximum Gasteiger partial charge on any atom is 0.0640 e. The Hall–Kier alpha value is -4.40. The summed E-state index contributed by atoms with van der Waals surface area (Å²) in [5, 5.41) is 1.33. The molecular formula is C38H31NS. The van der Waals surface area contributed by atoms with Gasteiger partial charge < -0.3 is 4.90 Å². The number of rotatable bonds is 5. The van der Waals surface area contributed by atoms with Gasteiger partial charge in [-0.15, -0.1) is 11.3 Å². The third-order valence-electron chi connectivity index (χ3n) is 8.40. The van der Waals surface area contributed by atoms with Crippen molar-refractivity contribution in [2.24, 2.45) is 0 Å². The molecule has 7 rings (SSSR count). The molecule has 1 heterocycles. The van der Waals surface area contributed by atoms with E-state index in [1.807, 2.05) is 11.3 Å². The van der Waals surface area contributed by atoms with E-state index in [0.29, 0.717) is 5.92 Å². The summed E-state index contributed by atoms with van der Waals surface area (Å²) >= 11 is 1.94. The number of benzene rings is 5. The van der Waals surface area contributed by atoms with E-state index in [0.717, 1.165) is 11.4 Å². The average molecular weight is 534 g/mol. The van der Waals surface area contributed by atoms with Gasteiger partial charge in [-0.3, -0.25) is 0 Å². The zero-order valence-electron chi connectivity index (χ0n) is 23.1. The number of fused-ring (bicyclic) bond motifs is 2. The second-order valence-electron chi connectivity index (χ2n) is 10.7. The minimum atomic E-state index is 0.444. The predicted octanol–water partition coefficient (Wildman–Crippen LogP) is 11.3. The lowest BCUT2D eigenvalue weighted by atomic mass is 9.99. The molecule has 0 aliphatic heterocycles. The molecule has 1 unspecified atom stereocenters. The standard InChI is InChI=1S/C38H31NS/c1-25-26(2)36(34-18-11-10-17-32(25)34)37-27(3)33-19-12-20-35(38(33)40-37)39(30-15-8-5-9-16-30)31-23-21-29(22-24-31)28-13-6-4-7-14-28/h4-25H,1-3H3. The highest BCUT2D eigenvalue weighted by Gasteiger charge is 2.29. The van der Waals surface area contributed by atoms with Crippen molar-refractivity contribution >= 4 is 44.1 Å². The number of hydrogen-bond donors (Lipinski definition) is 0. The summed E-state index contributed by atoms with van der Waals surface area (Å²) in [5.41, 5.74) is 13.1. The quantitative estimate of drug-likeness (QED) is 0.213. The van der Waals surface area contributed by atoms with Crippen LogP contribution >= 0.6 is 11.3 Å². The minimum absolute atomic E-state index is 0.444. The van der Waals surface area contributed by atoms with E-state index >= 15 is 0 Å². The molecule has 1 nitrogen and oxygen atoms in total. The topological polar surface area (TPSA) is 3.24 Å². The highest BCUT2D eigenvalue weighted by atomic mass is 32.1. The van der Waals surface area contributed by atoms with Crippen molar-refractivity contribution < 1.29 is 0 Å². The molecule has 2 heteroatoms. The van der Waals surface area contributed by atoms with E-state index in [1.54, 1.807) is 0 Å². The van der Waals surface area contributed by atoms with Crippen molar-refractivity contribution in [2.45, 2.75) is 26.7 Å². The molecule has 40 heavy (non-hydrogen) atoms. The summed E-state index contributed by atoms with van der Waals surface area (Å²) in [5.74, 6) is 0.444. The first-order valence-electron chi connectivity index (χ1n) is 13.9. The second kappa shape index (κ2) is 9.97. The van der Waals surface area contributed by atoms with Crippen LogP contribution in [0, 0.1) is 6.92 Å². The van der Waals surface area contributed by atoms with Crippen molar-refractivity contribution in [2.75, 3.05) is 4.90 Å². The summed E-state index contributed by atoms with van der Waals surface area (Å²) in [7, 11) is 0. The summed E-state index contributed by atoms with van der Waals surface area (Å²) < 4.78 is 1.32. The molecule has 1 atom stereocenters. The fourth-order valence-electron chi connectivity index (χ4n) is 6.15. The van der Waals surface area contributed by atoms with Gasteiger partial charge in [0.25, 0.3) is 0 Å². The molecule has 0 saturated carbocycles. The van der Waals surface area contributed by atoms with Crippen LogP contribution in [0.2, 0.25) is 0 Å². The van der Waals surface area contributed by atoms with Gasteiger partial charge in [-0.25, -0.2) is 0 Å². The summed E-state index contributed by atoms with van der Waals surface area (Å²) in [6.07, 6.45) is 0. The van der Waals surface area contributed by atoms with Gasteiger partial charge in [0, 0.05) is 22.2 Å². The Morgan fingerprint density at radius 1 is 0.600 bits per heavy atom. The second-order valence-corrected chi connectivity index (χ2v) is 11.7. The van der Waals surface area contributed by atoms with E-state index in [-0.39, 0.29) is 0 Å². The van der Waals surface area contributed by atoms with Gasteiger partial charge in [-0.2, -0.15) is 0 Å². The van der Waals surface area contributed by atoms with E-state index in [4.69, 9.17) is 0 Å². The Labute approximate surface area is 240 Å². The zero-order chi connectivity index (χ0) is 27.2. The number of aryl methyl sites for hydroxylation is 1. The number of para-hydroxylation sites is 1. The van der Waals surface area contributed by atoms with Crippen LogP contribution in [0.3, 0.4) is 0 Å². The molecular weight excluding hydrogens is 502 g/mol. The molecule has 194 valence electrons. The Balaban J connectivity index is 1.40. The van der Waals surface area contributed by atoms with Crippen LogP contribution in [0.4, 0.5) is 17.1 Å². The molecule has 0 amide bonds. The largest absolute Gasteiger partial charge is 0.309 e. The van der Waals surface area contributed by atoms with Crippen molar-refractivity contribution in [3.63, 3.8) is 0 Å². The Bertz CT molecular complexity index is 1860. The average Bonchev–Trinajstić information content (AvgIpc) is 3.47. The first kappa shape index (κ1) is 24.6. The van der Waals surface area contributed by atoms with Crippen LogP contribution in [0.15, 0.2) is 133 Å². The van der Waals surface area contributed by atoms with Crippen LogP contribution in [0.1, 0.15) is 41.3 Å². The Kier molecular flexibility index (Phi) is 6.14.